The standard InChI is InChI=1S/C25H28F5N3O2S/c1-15-21(23(34)32-17-7-10-31-20(13-17)36(2,3)35)19(33-11-4-8-24(26,27)9-12-33)14-18(16-5-6-16)22(15)25(28,29)30/h7,10,13-14,16H,2,4-6,8-9,11-12H2,1,3H3,(H,31,32,34). The minimum absolute atomic E-state index is 0.0823. The summed E-state index contributed by atoms with van der Waals surface area (Å²) in [6, 6.07) is 4.16. The summed E-state index contributed by atoms with van der Waals surface area (Å²) in [4.78, 5) is 19.1. The van der Waals surface area contributed by atoms with Crippen molar-refractivity contribution in [2.45, 2.75) is 62.1 Å². The third-order valence-corrected chi connectivity index (χ3v) is 7.72. The number of pyridine rings is 1. The van der Waals surface area contributed by atoms with E-state index in [1.165, 1.54) is 37.6 Å². The Balaban J connectivity index is 1.83. The van der Waals surface area contributed by atoms with Crippen LogP contribution in [-0.4, -0.2) is 46.2 Å². The highest BCUT2D eigenvalue weighted by Gasteiger charge is 2.43. The quantitative estimate of drug-likeness (QED) is 0.389. The van der Waals surface area contributed by atoms with E-state index >= 15 is 0 Å². The van der Waals surface area contributed by atoms with Crippen LogP contribution in [-0.2, 0) is 15.7 Å². The maximum Gasteiger partial charge on any atom is 0.416 e. The number of carbonyl (C=O) groups excluding carboxylic acids is 1. The van der Waals surface area contributed by atoms with E-state index in [2.05, 4.69) is 16.2 Å². The van der Waals surface area contributed by atoms with Gasteiger partial charge in [-0.25, -0.2) is 13.8 Å². The molecular weight excluding hydrogens is 501 g/mol. The van der Waals surface area contributed by atoms with Crippen molar-refractivity contribution in [1.82, 2.24) is 4.98 Å². The molecule has 1 aliphatic carbocycles. The fourth-order valence-corrected chi connectivity index (χ4v) is 5.34. The number of hydrogen-bond acceptors (Lipinski definition) is 4. The molecule has 4 rings (SSSR count). The van der Waals surface area contributed by atoms with Gasteiger partial charge < -0.3 is 10.2 Å². The Bertz CT molecular complexity index is 1290. The molecule has 2 fully saturated rings. The van der Waals surface area contributed by atoms with Crippen LogP contribution in [0.15, 0.2) is 29.4 Å². The molecule has 2 aromatic rings. The molecule has 1 saturated carbocycles. The molecule has 1 unspecified atom stereocenters. The van der Waals surface area contributed by atoms with Crippen LogP contribution < -0.4 is 10.2 Å². The number of aromatic nitrogens is 1. The van der Waals surface area contributed by atoms with Crippen LogP contribution in [0.1, 0.15) is 65.1 Å². The molecule has 0 spiro atoms. The fraction of sp³-hybridized carbons (Fsp3) is 0.480. The lowest BCUT2D eigenvalue weighted by molar-refractivity contribution is -0.138. The molecule has 1 saturated heterocycles. The number of rotatable bonds is 5. The lowest BCUT2D eigenvalue weighted by Crippen LogP contribution is -2.30. The van der Waals surface area contributed by atoms with Crippen molar-refractivity contribution in [2.75, 3.05) is 29.6 Å². The predicted molar refractivity (Wildman–Crippen MR) is 131 cm³/mol. The molecule has 1 amide bonds. The normalized spacial score (nSPS) is 19.9. The van der Waals surface area contributed by atoms with Crippen molar-refractivity contribution in [2.24, 2.45) is 0 Å². The van der Waals surface area contributed by atoms with E-state index in [0.29, 0.717) is 12.8 Å². The first-order chi connectivity index (χ1) is 16.7. The summed E-state index contributed by atoms with van der Waals surface area (Å²) in [5.74, 6) is -0.395. The van der Waals surface area contributed by atoms with Gasteiger partial charge in [0, 0.05) is 53.6 Å². The summed E-state index contributed by atoms with van der Waals surface area (Å²) in [5, 5.41) is 2.72. The number of benzene rings is 1. The number of hydrogen-bond donors (Lipinski definition) is 1. The lowest BCUT2D eigenvalue weighted by atomic mass is 9.91. The number of carbonyl (C=O) groups is 1. The lowest BCUT2D eigenvalue weighted by Gasteiger charge is -2.29. The molecule has 11 heteroatoms. The maximum absolute atomic E-state index is 14.2. The molecule has 5 nitrogen and oxygen atoms in total. The average molecular weight is 530 g/mol. The third-order valence-electron chi connectivity index (χ3n) is 6.61. The van der Waals surface area contributed by atoms with Crippen LogP contribution in [0.3, 0.4) is 0 Å². The van der Waals surface area contributed by atoms with E-state index in [0.717, 1.165) is 0 Å². The van der Waals surface area contributed by atoms with Crippen LogP contribution in [0.5, 0.6) is 0 Å². The highest BCUT2D eigenvalue weighted by molar-refractivity contribution is 7.99. The van der Waals surface area contributed by atoms with Gasteiger partial charge in [0.25, 0.3) is 5.91 Å². The minimum Gasteiger partial charge on any atom is -0.371 e. The van der Waals surface area contributed by atoms with Crippen LogP contribution in [0.2, 0.25) is 0 Å². The van der Waals surface area contributed by atoms with Crippen molar-refractivity contribution in [1.29, 1.82) is 0 Å². The largest absolute Gasteiger partial charge is 0.416 e. The molecule has 1 atom stereocenters. The van der Waals surface area contributed by atoms with Gasteiger partial charge in [-0.05, 0) is 67.3 Å². The summed E-state index contributed by atoms with van der Waals surface area (Å²) in [6.45, 7) is 1.37. The van der Waals surface area contributed by atoms with Gasteiger partial charge in [-0.15, -0.1) is 0 Å². The van der Waals surface area contributed by atoms with Crippen LogP contribution in [0.25, 0.3) is 0 Å². The van der Waals surface area contributed by atoms with Gasteiger partial charge in [0.2, 0.25) is 5.92 Å². The summed E-state index contributed by atoms with van der Waals surface area (Å²) in [5.41, 5.74) is -0.761. The Morgan fingerprint density at radius 2 is 1.92 bits per heavy atom. The summed E-state index contributed by atoms with van der Waals surface area (Å²) < 4.78 is 83.0. The molecular formula is C25H28F5N3O2S. The third kappa shape index (κ3) is 5.66. The average Bonchev–Trinajstić information content (AvgIpc) is 3.60. The molecule has 1 aromatic heterocycles. The van der Waals surface area contributed by atoms with Gasteiger partial charge in [-0.2, -0.15) is 13.2 Å². The van der Waals surface area contributed by atoms with Crippen molar-refractivity contribution >= 4 is 32.7 Å². The SMILES string of the molecule is C=S(C)(=O)c1cc(NC(=O)c2c(N3CCCC(F)(F)CC3)cc(C3CC3)c(C(F)(F)F)c2C)ccn1. The topological polar surface area (TPSA) is 62.3 Å². The molecule has 2 heterocycles. The van der Waals surface area contributed by atoms with Crippen LogP contribution in [0, 0.1) is 6.92 Å². The Morgan fingerprint density at radius 1 is 1.22 bits per heavy atom. The van der Waals surface area contributed by atoms with Gasteiger partial charge in [0.05, 0.1) is 16.8 Å². The summed E-state index contributed by atoms with van der Waals surface area (Å²) >= 11 is 0. The van der Waals surface area contributed by atoms with Crippen LogP contribution in [0.4, 0.5) is 33.3 Å². The second-order valence-corrected chi connectivity index (χ2v) is 12.1. The van der Waals surface area contributed by atoms with Gasteiger partial charge in [0.15, 0.2) is 0 Å². The van der Waals surface area contributed by atoms with E-state index in [-0.39, 0.29) is 64.9 Å². The van der Waals surface area contributed by atoms with E-state index < -0.39 is 39.5 Å². The van der Waals surface area contributed by atoms with Crippen molar-refractivity contribution in [3.05, 3.63) is 46.6 Å². The number of alkyl halides is 5. The molecule has 1 aromatic carbocycles. The van der Waals surface area contributed by atoms with Crippen molar-refractivity contribution < 1.29 is 31.0 Å². The highest BCUT2D eigenvalue weighted by atomic mass is 32.2. The molecule has 36 heavy (non-hydrogen) atoms. The molecule has 0 radical (unpaired) electrons. The molecule has 196 valence electrons. The fourth-order valence-electron chi connectivity index (χ4n) is 4.68. The number of anilines is 2. The van der Waals surface area contributed by atoms with Gasteiger partial charge in [0.1, 0.15) is 5.03 Å². The monoisotopic (exact) mass is 529 g/mol. The van der Waals surface area contributed by atoms with Crippen molar-refractivity contribution in [3.63, 3.8) is 0 Å². The second kappa shape index (κ2) is 9.32. The van der Waals surface area contributed by atoms with Gasteiger partial charge >= 0.3 is 6.18 Å². The number of amides is 1. The summed E-state index contributed by atoms with van der Waals surface area (Å²) in [6.07, 6.45) is -1.40. The zero-order valence-electron chi connectivity index (χ0n) is 20.1. The molecule has 1 aliphatic heterocycles. The van der Waals surface area contributed by atoms with Gasteiger partial charge in [-0.3, -0.25) is 9.00 Å². The van der Waals surface area contributed by atoms with E-state index in [9.17, 15) is 31.0 Å². The van der Waals surface area contributed by atoms with E-state index in [4.69, 9.17) is 0 Å². The molecule has 2 aliphatic rings. The number of nitrogens with one attached hydrogen (secondary N) is 1. The number of halogens is 5. The highest BCUT2D eigenvalue weighted by Crippen LogP contribution is 2.50. The maximum atomic E-state index is 14.2. The van der Waals surface area contributed by atoms with E-state index in [1.807, 2.05) is 0 Å². The minimum atomic E-state index is -4.69. The second-order valence-electron chi connectivity index (χ2n) is 9.67. The Labute approximate surface area is 207 Å². The van der Waals surface area contributed by atoms with Crippen LogP contribution >= 0.6 is 0 Å². The Kier molecular flexibility index (Phi) is 6.83. The zero-order valence-corrected chi connectivity index (χ0v) is 20.9. The predicted octanol–water partition coefficient (Wildman–Crippen LogP) is 5.87. The van der Waals surface area contributed by atoms with Crippen molar-refractivity contribution in [3.8, 4) is 0 Å². The zero-order chi connectivity index (χ0) is 26.5. The Morgan fingerprint density at radius 3 is 2.53 bits per heavy atom. The Hall–Kier alpha value is -2.69. The molecule has 1 N–H and O–H groups in total. The number of nitrogens with zero attached hydrogens (tertiary/aromatic N) is 2. The van der Waals surface area contributed by atoms with Gasteiger partial charge in [-0.1, -0.05) is 0 Å². The smallest absolute Gasteiger partial charge is 0.371 e. The first-order valence-corrected chi connectivity index (χ1v) is 13.8. The first-order valence-electron chi connectivity index (χ1n) is 11.6. The van der Waals surface area contributed by atoms with E-state index in [1.54, 1.807) is 4.90 Å². The first kappa shape index (κ1) is 26.4. The summed E-state index contributed by atoms with van der Waals surface area (Å²) in [7, 11) is -2.70. The molecule has 0 bridgehead atoms.